The standard InChI is InChI=1S/C15H21N3O/c1-12(11-13-7-4-3-5-8-13)16-14(19)9-6-10-15(2)17-18-15/h3-5,7-8,12H,6,9-11H2,1-2H3,(H,16,19)/t12-/m1/s1. The maximum atomic E-state index is 11.8. The minimum Gasteiger partial charge on any atom is -0.353 e. The average molecular weight is 259 g/mol. The fraction of sp³-hybridized carbons (Fsp3) is 0.533. The van der Waals surface area contributed by atoms with Gasteiger partial charge in [-0.1, -0.05) is 30.3 Å². The van der Waals surface area contributed by atoms with Gasteiger partial charge in [0.2, 0.25) is 5.91 Å². The molecule has 4 nitrogen and oxygen atoms in total. The monoisotopic (exact) mass is 259 g/mol. The van der Waals surface area contributed by atoms with E-state index < -0.39 is 0 Å². The Hall–Kier alpha value is -1.71. The van der Waals surface area contributed by atoms with Gasteiger partial charge in [0.1, 0.15) is 0 Å². The van der Waals surface area contributed by atoms with Crippen LogP contribution in [0.1, 0.15) is 38.7 Å². The van der Waals surface area contributed by atoms with Crippen LogP contribution in [0, 0.1) is 0 Å². The molecule has 102 valence electrons. The Morgan fingerprint density at radius 1 is 1.32 bits per heavy atom. The van der Waals surface area contributed by atoms with Crippen LogP contribution in [-0.2, 0) is 11.2 Å². The quantitative estimate of drug-likeness (QED) is 0.803. The summed E-state index contributed by atoms with van der Waals surface area (Å²) < 4.78 is 0. The van der Waals surface area contributed by atoms with E-state index in [-0.39, 0.29) is 17.6 Å². The Bertz CT molecular complexity index is 450. The van der Waals surface area contributed by atoms with Crippen molar-refractivity contribution in [1.29, 1.82) is 0 Å². The summed E-state index contributed by atoms with van der Waals surface area (Å²) in [5.41, 5.74) is 1.06. The lowest BCUT2D eigenvalue weighted by Crippen LogP contribution is -2.34. The Morgan fingerprint density at radius 3 is 2.63 bits per heavy atom. The van der Waals surface area contributed by atoms with Gasteiger partial charge in [-0.15, -0.1) is 0 Å². The highest BCUT2D eigenvalue weighted by Crippen LogP contribution is 2.32. The summed E-state index contributed by atoms with van der Waals surface area (Å²) in [7, 11) is 0. The molecule has 1 amide bonds. The molecule has 0 saturated heterocycles. The van der Waals surface area contributed by atoms with Crippen molar-refractivity contribution < 1.29 is 4.79 Å². The van der Waals surface area contributed by atoms with E-state index in [2.05, 4.69) is 27.7 Å². The van der Waals surface area contributed by atoms with E-state index in [1.165, 1.54) is 5.56 Å². The van der Waals surface area contributed by atoms with Crippen molar-refractivity contribution in [2.75, 3.05) is 0 Å². The van der Waals surface area contributed by atoms with Crippen molar-refractivity contribution >= 4 is 5.91 Å². The van der Waals surface area contributed by atoms with Crippen LogP contribution in [0.2, 0.25) is 0 Å². The Kier molecular flexibility index (Phi) is 4.30. The van der Waals surface area contributed by atoms with Gasteiger partial charge < -0.3 is 5.32 Å². The van der Waals surface area contributed by atoms with Gasteiger partial charge in [0.15, 0.2) is 5.66 Å². The molecule has 0 radical (unpaired) electrons. The van der Waals surface area contributed by atoms with Gasteiger partial charge in [0, 0.05) is 12.5 Å². The predicted octanol–water partition coefficient (Wildman–Crippen LogP) is 3.09. The third kappa shape index (κ3) is 4.81. The minimum atomic E-state index is -0.185. The highest BCUT2D eigenvalue weighted by atomic mass is 16.1. The van der Waals surface area contributed by atoms with Gasteiger partial charge >= 0.3 is 0 Å². The zero-order chi connectivity index (χ0) is 13.7. The number of carbonyl (C=O) groups is 1. The smallest absolute Gasteiger partial charge is 0.220 e. The van der Waals surface area contributed by atoms with Gasteiger partial charge in [0.25, 0.3) is 0 Å². The van der Waals surface area contributed by atoms with Crippen molar-refractivity contribution in [2.24, 2.45) is 10.2 Å². The van der Waals surface area contributed by atoms with E-state index in [1.807, 2.05) is 32.0 Å². The van der Waals surface area contributed by atoms with E-state index in [1.54, 1.807) is 0 Å². The number of rotatable bonds is 7. The molecule has 1 atom stereocenters. The molecule has 1 aromatic carbocycles. The summed E-state index contributed by atoms with van der Waals surface area (Å²) in [5, 5.41) is 10.9. The summed E-state index contributed by atoms with van der Waals surface area (Å²) in [6.45, 7) is 4.03. The molecule has 1 aromatic rings. The van der Waals surface area contributed by atoms with Crippen LogP contribution < -0.4 is 5.32 Å². The maximum absolute atomic E-state index is 11.8. The number of nitrogens with zero attached hydrogens (tertiary/aromatic N) is 2. The summed E-state index contributed by atoms with van der Waals surface area (Å²) in [5.74, 6) is 0.118. The molecular weight excluding hydrogens is 238 g/mol. The van der Waals surface area contributed by atoms with Crippen molar-refractivity contribution in [3.05, 3.63) is 35.9 Å². The van der Waals surface area contributed by atoms with Crippen molar-refractivity contribution in [2.45, 2.75) is 51.2 Å². The lowest BCUT2D eigenvalue weighted by atomic mass is 10.1. The molecule has 19 heavy (non-hydrogen) atoms. The van der Waals surface area contributed by atoms with Crippen LogP contribution in [0.4, 0.5) is 0 Å². The molecule has 0 saturated carbocycles. The van der Waals surface area contributed by atoms with Crippen LogP contribution in [0.5, 0.6) is 0 Å². The predicted molar refractivity (Wildman–Crippen MR) is 74.9 cm³/mol. The lowest BCUT2D eigenvalue weighted by Gasteiger charge is -2.14. The van der Waals surface area contributed by atoms with Crippen LogP contribution in [0.3, 0.4) is 0 Å². The summed E-state index contributed by atoms with van der Waals surface area (Å²) in [4.78, 5) is 11.8. The first-order valence-electron chi connectivity index (χ1n) is 6.85. The second kappa shape index (κ2) is 5.95. The van der Waals surface area contributed by atoms with Crippen molar-refractivity contribution in [1.82, 2.24) is 5.32 Å². The number of hydrogen-bond donors (Lipinski definition) is 1. The highest BCUT2D eigenvalue weighted by Gasteiger charge is 2.32. The first-order chi connectivity index (χ1) is 9.07. The molecule has 1 aliphatic heterocycles. The molecule has 0 bridgehead atoms. The fourth-order valence-corrected chi connectivity index (χ4v) is 2.13. The van der Waals surface area contributed by atoms with E-state index in [9.17, 15) is 4.79 Å². The molecule has 0 fully saturated rings. The van der Waals surface area contributed by atoms with Crippen LogP contribution in [0.25, 0.3) is 0 Å². The Balaban J connectivity index is 1.64. The summed E-state index contributed by atoms with van der Waals surface area (Å²) >= 11 is 0. The third-order valence-corrected chi connectivity index (χ3v) is 3.29. The van der Waals surface area contributed by atoms with Gasteiger partial charge in [-0.05, 0) is 38.7 Å². The number of carbonyl (C=O) groups excluding carboxylic acids is 1. The minimum absolute atomic E-state index is 0.118. The molecule has 1 heterocycles. The molecule has 0 aromatic heterocycles. The second-order valence-corrected chi connectivity index (χ2v) is 5.43. The Morgan fingerprint density at radius 2 is 2.00 bits per heavy atom. The maximum Gasteiger partial charge on any atom is 0.220 e. The van der Waals surface area contributed by atoms with E-state index in [0.29, 0.717) is 6.42 Å². The molecule has 1 aliphatic rings. The van der Waals surface area contributed by atoms with E-state index >= 15 is 0 Å². The zero-order valence-electron chi connectivity index (χ0n) is 11.6. The van der Waals surface area contributed by atoms with Crippen molar-refractivity contribution in [3.8, 4) is 0 Å². The summed E-state index contributed by atoms with van der Waals surface area (Å²) in [6.07, 6.45) is 3.13. The van der Waals surface area contributed by atoms with E-state index in [4.69, 9.17) is 0 Å². The number of hydrogen-bond acceptors (Lipinski definition) is 3. The number of benzene rings is 1. The molecule has 4 heteroatoms. The topological polar surface area (TPSA) is 53.8 Å². The van der Waals surface area contributed by atoms with Gasteiger partial charge in [0.05, 0.1) is 0 Å². The van der Waals surface area contributed by atoms with Gasteiger partial charge in [-0.3, -0.25) is 4.79 Å². The van der Waals surface area contributed by atoms with Crippen LogP contribution in [0.15, 0.2) is 40.6 Å². The van der Waals surface area contributed by atoms with Gasteiger partial charge in [-0.2, -0.15) is 10.2 Å². The average Bonchev–Trinajstić information content (AvgIpc) is 3.08. The van der Waals surface area contributed by atoms with Crippen LogP contribution >= 0.6 is 0 Å². The highest BCUT2D eigenvalue weighted by molar-refractivity contribution is 5.76. The normalized spacial score (nSPS) is 16.9. The molecule has 1 N–H and O–H groups in total. The number of nitrogens with one attached hydrogen (secondary N) is 1. The zero-order valence-corrected chi connectivity index (χ0v) is 11.6. The van der Waals surface area contributed by atoms with E-state index in [0.717, 1.165) is 19.3 Å². The fourth-order valence-electron chi connectivity index (χ4n) is 2.13. The number of amides is 1. The van der Waals surface area contributed by atoms with Gasteiger partial charge in [-0.25, -0.2) is 0 Å². The largest absolute Gasteiger partial charge is 0.353 e. The molecule has 0 spiro atoms. The third-order valence-electron chi connectivity index (χ3n) is 3.29. The van der Waals surface area contributed by atoms with Crippen molar-refractivity contribution in [3.63, 3.8) is 0 Å². The molecular formula is C15H21N3O. The summed E-state index contributed by atoms with van der Waals surface area (Å²) in [6, 6.07) is 10.4. The molecule has 0 aliphatic carbocycles. The molecule has 0 unspecified atom stereocenters. The molecule has 2 rings (SSSR count). The SMILES string of the molecule is C[C@H](Cc1ccccc1)NC(=O)CCCC1(C)N=N1. The lowest BCUT2D eigenvalue weighted by molar-refractivity contribution is -0.121. The Labute approximate surface area is 114 Å². The first kappa shape index (κ1) is 13.7. The van der Waals surface area contributed by atoms with Crippen LogP contribution in [-0.4, -0.2) is 17.6 Å². The second-order valence-electron chi connectivity index (χ2n) is 5.43. The first-order valence-corrected chi connectivity index (χ1v) is 6.85.